The molecular formula is C23H35N2O+. The van der Waals surface area contributed by atoms with Gasteiger partial charge in [0.2, 0.25) is 0 Å². The van der Waals surface area contributed by atoms with Crippen LogP contribution in [0.5, 0.6) is 0 Å². The average molecular weight is 356 g/mol. The zero-order valence-electron chi connectivity index (χ0n) is 17.2. The van der Waals surface area contributed by atoms with Gasteiger partial charge in [-0.3, -0.25) is 4.79 Å². The molecule has 0 aromatic carbocycles. The van der Waals surface area contributed by atoms with E-state index in [1.165, 1.54) is 31.4 Å². The maximum absolute atomic E-state index is 13.2. The lowest BCUT2D eigenvalue weighted by Gasteiger charge is -2.28. The van der Waals surface area contributed by atoms with Crippen molar-refractivity contribution in [1.29, 1.82) is 0 Å². The molecule has 0 bridgehead atoms. The molecule has 3 atom stereocenters. The van der Waals surface area contributed by atoms with Crippen LogP contribution in [0.25, 0.3) is 6.08 Å². The number of Topliss-reactive ketones (excluding diaryl/α,β-unsaturated/α-hetero) is 1. The maximum Gasteiger partial charge on any atom is 0.295 e. The molecule has 1 heterocycles. The molecule has 0 saturated heterocycles. The Morgan fingerprint density at radius 1 is 1.35 bits per heavy atom. The molecule has 3 unspecified atom stereocenters. The predicted molar refractivity (Wildman–Crippen MR) is 106 cm³/mol. The van der Waals surface area contributed by atoms with Crippen molar-refractivity contribution in [3.8, 4) is 0 Å². The third kappa shape index (κ3) is 3.77. The van der Waals surface area contributed by atoms with Crippen LogP contribution in [0.1, 0.15) is 88.7 Å². The van der Waals surface area contributed by atoms with E-state index < -0.39 is 0 Å². The van der Waals surface area contributed by atoms with Gasteiger partial charge in [-0.25, -0.2) is 4.57 Å². The van der Waals surface area contributed by atoms with Gasteiger partial charge in [-0.2, -0.15) is 0 Å². The molecule has 1 aromatic heterocycles. The van der Waals surface area contributed by atoms with Crippen molar-refractivity contribution >= 4 is 11.9 Å². The second kappa shape index (κ2) is 8.02. The highest BCUT2D eigenvalue weighted by Crippen LogP contribution is 2.45. The maximum atomic E-state index is 13.2. The summed E-state index contributed by atoms with van der Waals surface area (Å²) >= 11 is 0. The molecule has 0 amide bonds. The first-order valence-electron chi connectivity index (χ1n) is 10.5. The highest BCUT2D eigenvalue weighted by atomic mass is 16.1. The van der Waals surface area contributed by atoms with Crippen LogP contribution in [-0.4, -0.2) is 10.8 Å². The number of hydrogen-bond donors (Lipinski definition) is 0. The van der Waals surface area contributed by atoms with Crippen molar-refractivity contribution in [1.82, 2.24) is 4.98 Å². The van der Waals surface area contributed by atoms with Gasteiger partial charge in [0.05, 0.1) is 12.6 Å². The van der Waals surface area contributed by atoms with E-state index in [-0.39, 0.29) is 5.92 Å². The van der Waals surface area contributed by atoms with Gasteiger partial charge in [0, 0.05) is 18.8 Å². The van der Waals surface area contributed by atoms with E-state index in [9.17, 15) is 4.79 Å². The monoisotopic (exact) mass is 355 g/mol. The van der Waals surface area contributed by atoms with Gasteiger partial charge in [0.15, 0.2) is 11.5 Å². The van der Waals surface area contributed by atoms with Gasteiger partial charge in [-0.15, -0.1) is 0 Å². The van der Waals surface area contributed by atoms with Crippen LogP contribution in [0.2, 0.25) is 0 Å². The van der Waals surface area contributed by atoms with Crippen LogP contribution >= 0.6 is 0 Å². The summed E-state index contributed by atoms with van der Waals surface area (Å²) in [6.07, 6.45) is 12.6. The fraction of sp³-hybridized carbons (Fsp3) is 0.696. The lowest BCUT2D eigenvalue weighted by atomic mass is 9.76. The summed E-state index contributed by atoms with van der Waals surface area (Å²) in [6.45, 7) is 8.67. The van der Waals surface area contributed by atoms with Crippen LogP contribution in [0.15, 0.2) is 11.8 Å². The molecule has 142 valence electrons. The molecule has 3 heteroatoms. The smallest absolute Gasteiger partial charge is 0.294 e. The van der Waals surface area contributed by atoms with E-state index in [0.29, 0.717) is 17.6 Å². The first-order valence-corrected chi connectivity index (χ1v) is 10.5. The number of aromatic nitrogens is 2. The SMILES string of the molecule is CCCC(C)C(=O)C1=Cc2c[n+](C)c(C)nc2C(C)C(C2CCCC2)C1. The largest absolute Gasteiger partial charge is 0.295 e. The number of hydrogen-bond acceptors (Lipinski definition) is 2. The predicted octanol–water partition coefficient (Wildman–Crippen LogP) is 4.92. The second-order valence-electron chi connectivity index (χ2n) is 8.66. The topological polar surface area (TPSA) is 33.8 Å². The number of ketones is 1. The van der Waals surface area contributed by atoms with Crippen LogP contribution in [0, 0.1) is 24.7 Å². The van der Waals surface area contributed by atoms with Gasteiger partial charge >= 0.3 is 0 Å². The highest BCUT2D eigenvalue weighted by Gasteiger charge is 2.38. The molecular weight excluding hydrogens is 320 g/mol. The zero-order valence-corrected chi connectivity index (χ0v) is 17.2. The Morgan fingerprint density at radius 3 is 2.69 bits per heavy atom. The number of rotatable bonds is 5. The van der Waals surface area contributed by atoms with E-state index in [2.05, 4.69) is 44.5 Å². The van der Waals surface area contributed by atoms with Crippen molar-refractivity contribution in [3.63, 3.8) is 0 Å². The number of nitrogens with zero attached hydrogens (tertiary/aromatic N) is 2. The fourth-order valence-corrected chi connectivity index (χ4v) is 5.05. The van der Waals surface area contributed by atoms with Gasteiger partial charge < -0.3 is 0 Å². The van der Waals surface area contributed by atoms with Crippen molar-refractivity contribution in [2.75, 3.05) is 0 Å². The summed E-state index contributed by atoms with van der Waals surface area (Å²) in [4.78, 5) is 18.1. The van der Waals surface area contributed by atoms with Crippen LogP contribution in [0.3, 0.4) is 0 Å². The van der Waals surface area contributed by atoms with Gasteiger partial charge in [0.1, 0.15) is 6.20 Å². The minimum absolute atomic E-state index is 0.125. The molecule has 2 aliphatic carbocycles. The van der Waals surface area contributed by atoms with Gasteiger partial charge in [-0.1, -0.05) is 57.9 Å². The molecule has 2 aliphatic rings. The van der Waals surface area contributed by atoms with Gasteiger partial charge in [0.25, 0.3) is 5.82 Å². The number of carbonyl (C=O) groups is 1. The molecule has 26 heavy (non-hydrogen) atoms. The summed E-state index contributed by atoms with van der Waals surface area (Å²) in [6, 6.07) is 0. The van der Waals surface area contributed by atoms with E-state index in [4.69, 9.17) is 4.98 Å². The minimum Gasteiger partial charge on any atom is -0.294 e. The van der Waals surface area contributed by atoms with Crippen LogP contribution < -0.4 is 4.57 Å². The molecule has 1 fully saturated rings. The lowest BCUT2D eigenvalue weighted by molar-refractivity contribution is -0.681. The number of fused-ring (bicyclic) bond motifs is 1. The number of aryl methyl sites for hydroxylation is 2. The average Bonchev–Trinajstić information content (AvgIpc) is 3.10. The fourth-order valence-electron chi connectivity index (χ4n) is 5.05. The Bertz CT molecular complexity index is 700. The van der Waals surface area contributed by atoms with Crippen molar-refractivity contribution < 1.29 is 9.36 Å². The third-order valence-electron chi connectivity index (χ3n) is 6.77. The molecule has 0 radical (unpaired) electrons. The van der Waals surface area contributed by atoms with Crippen molar-refractivity contribution in [2.45, 2.75) is 78.6 Å². The molecule has 0 aliphatic heterocycles. The molecule has 1 saturated carbocycles. The number of allylic oxidation sites excluding steroid dienone is 1. The zero-order chi connectivity index (χ0) is 18.8. The minimum atomic E-state index is 0.125. The van der Waals surface area contributed by atoms with Crippen LogP contribution in [-0.2, 0) is 11.8 Å². The Kier molecular flexibility index (Phi) is 5.94. The van der Waals surface area contributed by atoms with Gasteiger partial charge in [-0.05, 0) is 36.3 Å². The quantitative estimate of drug-likeness (QED) is 0.703. The van der Waals surface area contributed by atoms with E-state index in [1.807, 2.05) is 7.05 Å². The molecule has 1 aromatic rings. The van der Waals surface area contributed by atoms with Crippen molar-refractivity contribution in [2.24, 2.45) is 24.8 Å². The second-order valence-corrected chi connectivity index (χ2v) is 8.66. The first-order chi connectivity index (χ1) is 12.4. The summed E-state index contributed by atoms with van der Waals surface area (Å²) in [5.41, 5.74) is 3.39. The van der Waals surface area contributed by atoms with E-state index in [0.717, 1.165) is 42.1 Å². The molecule has 0 N–H and O–H groups in total. The Balaban J connectivity index is 2.04. The van der Waals surface area contributed by atoms with Crippen LogP contribution in [0.4, 0.5) is 0 Å². The standard InChI is InChI=1S/C23H35N2O/c1-6-9-15(2)23(26)19-12-20-14-25(5)17(4)24-22(20)16(3)21(13-19)18-10-7-8-11-18/h12,14-16,18,21H,6-11,13H2,1-5H3/q+1. The summed E-state index contributed by atoms with van der Waals surface area (Å²) < 4.78 is 2.08. The molecule has 0 spiro atoms. The summed E-state index contributed by atoms with van der Waals surface area (Å²) in [5, 5.41) is 0. The first kappa shape index (κ1) is 19.3. The Hall–Kier alpha value is -1.51. The lowest BCUT2D eigenvalue weighted by Crippen LogP contribution is -2.34. The third-order valence-corrected chi connectivity index (χ3v) is 6.77. The van der Waals surface area contributed by atoms with E-state index >= 15 is 0 Å². The molecule has 3 rings (SSSR count). The molecule has 3 nitrogen and oxygen atoms in total. The van der Waals surface area contributed by atoms with Crippen molar-refractivity contribution in [3.05, 3.63) is 28.9 Å². The highest BCUT2D eigenvalue weighted by molar-refractivity contribution is 6.01. The normalized spacial score (nSPS) is 24.7. The Labute approximate surface area is 158 Å². The summed E-state index contributed by atoms with van der Waals surface area (Å²) in [7, 11) is 2.04. The summed E-state index contributed by atoms with van der Waals surface area (Å²) in [5.74, 6) is 3.23. The number of carbonyl (C=O) groups excluding carboxylic acids is 1. The Morgan fingerprint density at radius 2 is 2.04 bits per heavy atom. The van der Waals surface area contributed by atoms with E-state index in [1.54, 1.807) is 0 Å².